The van der Waals surface area contributed by atoms with Gasteiger partial charge in [0.25, 0.3) is 0 Å². The molecule has 0 saturated carbocycles. The van der Waals surface area contributed by atoms with Crippen LogP contribution in [0, 0.1) is 5.82 Å². The first-order valence-corrected chi connectivity index (χ1v) is 7.08. The van der Waals surface area contributed by atoms with E-state index in [2.05, 4.69) is 0 Å². The first kappa shape index (κ1) is 14.0. The Morgan fingerprint density at radius 2 is 2.05 bits per heavy atom. The van der Waals surface area contributed by atoms with Crippen LogP contribution in [0.25, 0.3) is 0 Å². The van der Waals surface area contributed by atoms with Crippen molar-refractivity contribution in [3.05, 3.63) is 65.0 Å². The van der Waals surface area contributed by atoms with Crippen molar-refractivity contribution in [1.29, 1.82) is 0 Å². The molecule has 3 rings (SSSR count). The van der Waals surface area contributed by atoms with Crippen LogP contribution in [0.5, 0.6) is 5.75 Å². The highest BCUT2D eigenvalue weighted by Crippen LogP contribution is 2.34. The van der Waals surface area contributed by atoms with Crippen molar-refractivity contribution in [2.45, 2.75) is 18.4 Å². The number of aliphatic hydroxyl groups is 1. The van der Waals surface area contributed by atoms with Crippen LogP contribution >= 0.6 is 0 Å². The summed E-state index contributed by atoms with van der Waals surface area (Å²) in [5.41, 5.74) is 8.40. The normalized spacial score (nSPS) is 16.1. The molecule has 2 aromatic rings. The van der Waals surface area contributed by atoms with E-state index in [1.165, 1.54) is 12.1 Å². The van der Waals surface area contributed by atoms with E-state index >= 15 is 0 Å². The van der Waals surface area contributed by atoms with Gasteiger partial charge in [-0.15, -0.1) is 0 Å². The number of hydrogen-bond donors (Lipinski definition) is 2. The third-order valence-electron chi connectivity index (χ3n) is 3.97. The third kappa shape index (κ3) is 2.77. The molecule has 1 aliphatic rings. The Bertz CT molecular complexity index is 644. The summed E-state index contributed by atoms with van der Waals surface area (Å²) in [6, 6.07) is 11.9. The Morgan fingerprint density at radius 3 is 2.81 bits per heavy atom. The molecule has 0 amide bonds. The molecule has 4 heteroatoms. The second-order valence-electron chi connectivity index (χ2n) is 5.31. The summed E-state index contributed by atoms with van der Waals surface area (Å²) in [7, 11) is 0. The summed E-state index contributed by atoms with van der Waals surface area (Å²) >= 11 is 0. The van der Waals surface area contributed by atoms with Crippen LogP contribution in [0.2, 0.25) is 0 Å². The van der Waals surface area contributed by atoms with Crippen molar-refractivity contribution < 1.29 is 14.2 Å². The molecule has 0 aliphatic carbocycles. The van der Waals surface area contributed by atoms with Gasteiger partial charge in [0.05, 0.1) is 12.7 Å². The van der Waals surface area contributed by atoms with Crippen molar-refractivity contribution in [3.63, 3.8) is 0 Å². The minimum atomic E-state index is -0.761. The average Bonchev–Trinajstić information content (AvgIpc) is 2.95. The quantitative estimate of drug-likeness (QED) is 0.908. The first-order chi connectivity index (χ1) is 10.2. The van der Waals surface area contributed by atoms with E-state index in [4.69, 9.17) is 10.5 Å². The first-order valence-electron chi connectivity index (χ1n) is 7.08. The van der Waals surface area contributed by atoms with Crippen LogP contribution in [0.15, 0.2) is 42.5 Å². The van der Waals surface area contributed by atoms with Gasteiger partial charge in [0.2, 0.25) is 0 Å². The molecule has 0 bridgehead atoms. The number of rotatable bonds is 4. The van der Waals surface area contributed by atoms with Crippen LogP contribution in [0.1, 0.15) is 28.7 Å². The number of aliphatic hydroxyl groups excluding tert-OH is 1. The summed E-state index contributed by atoms with van der Waals surface area (Å²) in [6.07, 6.45) is 0.0890. The van der Waals surface area contributed by atoms with Crippen LogP contribution in [-0.2, 0) is 6.42 Å². The molecule has 1 heterocycles. The van der Waals surface area contributed by atoms with Crippen molar-refractivity contribution in [2.24, 2.45) is 5.73 Å². The van der Waals surface area contributed by atoms with E-state index in [1.807, 2.05) is 18.2 Å². The van der Waals surface area contributed by atoms with Crippen molar-refractivity contribution in [2.75, 3.05) is 13.2 Å². The second kappa shape index (κ2) is 5.84. The minimum absolute atomic E-state index is 0.248. The molecule has 3 nitrogen and oxygen atoms in total. The van der Waals surface area contributed by atoms with Gasteiger partial charge in [-0.25, -0.2) is 4.39 Å². The molecule has 2 aromatic carbocycles. The molecule has 3 N–H and O–H groups in total. The second-order valence-corrected chi connectivity index (χ2v) is 5.31. The highest BCUT2D eigenvalue weighted by Gasteiger charge is 2.23. The lowest BCUT2D eigenvalue weighted by Crippen LogP contribution is -2.20. The third-order valence-corrected chi connectivity index (χ3v) is 3.97. The minimum Gasteiger partial charge on any atom is -0.493 e. The molecule has 0 spiro atoms. The van der Waals surface area contributed by atoms with E-state index < -0.39 is 6.10 Å². The maximum atomic E-state index is 13.4. The summed E-state index contributed by atoms with van der Waals surface area (Å²) in [5.74, 6) is 0.225. The smallest absolute Gasteiger partial charge is 0.123 e. The maximum absolute atomic E-state index is 13.4. The predicted octanol–water partition coefficient (Wildman–Crippen LogP) is 2.54. The monoisotopic (exact) mass is 287 g/mol. The van der Waals surface area contributed by atoms with E-state index in [0.29, 0.717) is 12.2 Å². The van der Waals surface area contributed by atoms with Crippen LogP contribution in [0.4, 0.5) is 4.39 Å². The predicted molar refractivity (Wildman–Crippen MR) is 78.8 cm³/mol. The van der Waals surface area contributed by atoms with Crippen molar-refractivity contribution in [3.8, 4) is 5.75 Å². The molecular formula is C17H18FNO2. The maximum Gasteiger partial charge on any atom is 0.123 e. The molecule has 110 valence electrons. The highest BCUT2D eigenvalue weighted by atomic mass is 19.1. The van der Waals surface area contributed by atoms with Crippen LogP contribution in [-0.4, -0.2) is 18.3 Å². The fourth-order valence-corrected chi connectivity index (χ4v) is 2.81. The Kier molecular flexibility index (Phi) is 3.90. The molecule has 2 atom stereocenters. The zero-order chi connectivity index (χ0) is 14.8. The largest absolute Gasteiger partial charge is 0.493 e. The zero-order valence-corrected chi connectivity index (χ0v) is 11.6. The standard InChI is InChI=1S/C17H18FNO2/c18-14-3-1-2-11(9-14)15(10-19)17(20)13-4-5-16-12(8-13)6-7-21-16/h1-5,8-9,15,17,20H,6-7,10,19H2. The fraction of sp³-hybridized carbons (Fsp3) is 0.294. The number of benzene rings is 2. The van der Waals surface area contributed by atoms with Gasteiger partial charge in [0, 0.05) is 18.9 Å². The summed E-state index contributed by atoms with van der Waals surface area (Å²) in [5, 5.41) is 10.6. The topological polar surface area (TPSA) is 55.5 Å². The van der Waals surface area contributed by atoms with E-state index in [1.54, 1.807) is 12.1 Å². The van der Waals surface area contributed by atoms with Crippen molar-refractivity contribution >= 4 is 0 Å². The highest BCUT2D eigenvalue weighted by molar-refractivity contribution is 5.41. The summed E-state index contributed by atoms with van der Waals surface area (Å²) in [6.45, 7) is 0.928. The average molecular weight is 287 g/mol. The van der Waals surface area contributed by atoms with Crippen molar-refractivity contribution in [1.82, 2.24) is 0 Å². The molecular weight excluding hydrogens is 269 g/mol. The fourth-order valence-electron chi connectivity index (χ4n) is 2.81. The molecule has 2 unspecified atom stereocenters. The van der Waals surface area contributed by atoms with Gasteiger partial charge in [0.1, 0.15) is 11.6 Å². The molecule has 0 aromatic heterocycles. The number of halogens is 1. The van der Waals surface area contributed by atoms with Gasteiger partial charge < -0.3 is 15.6 Å². The van der Waals surface area contributed by atoms with Gasteiger partial charge in [-0.2, -0.15) is 0 Å². The number of ether oxygens (including phenoxy) is 1. The summed E-state index contributed by atoms with van der Waals surface area (Å²) < 4.78 is 18.8. The zero-order valence-electron chi connectivity index (χ0n) is 11.6. The lowest BCUT2D eigenvalue weighted by atomic mass is 9.88. The molecule has 0 radical (unpaired) electrons. The molecule has 0 fully saturated rings. The van der Waals surface area contributed by atoms with E-state index in [-0.39, 0.29) is 18.3 Å². The number of hydrogen-bond acceptors (Lipinski definition) is 3. The SMILES string of the molecule is NCC(c1cccc(F)c1)C(O)c1ccc2c(c1)CCO2. The Labute approximate surface area is 123 Å². The molecule has 0 saturated heterocycles. The van der Waals surface area contributed by atoms with Gasteiger partial charge in [0.15, 0.2) is 0 Å². The Balaban J connectivity index is 1.90. The lowest BCUT2D eigenvalue weighted by Gasteiger charge is -2.22. The Morgan fingerprint density at radius 1 is 1.19 bits per heavy atom. The molecule has 21 heavy (non-hydrogen) atoms. The lowest BCUT2D eigenvalue weighted by molar-refractivity contribution is 0.147. The summed E-state index contributed by atoms with van der Waals surface area (Å²) in [4.78, 5) is 0. The van der Waals surface area contributed by atoms with Crippen LogP contribution < -0.4 is 10.5 Å². The van der Waals surface area contributed by atoms with Gasteiger partial charge in [-0.1, -0.05) is 18.2 Å². The van der Waals surface area contributed by atoms with Gasteiger partial charge in [-0.05, 0) is 41.0 Å². The molecule has 1 aliphatic heterocycles. The van der Waals surface area contributed by atoms with Gasteiger partial charge >= 0.3 is 0 Å². The van der Waals surface area contributed by atoms with E-state index in [0.717, 1.165) is 23.3 Å². The van der Waals surface area contributed by atoms with E-state index in [9.17, 15) is 9.50 Å². The van der Waals surface area contributed by atoms with Gasteiger partial charge in [-0.3, -0.25) is 0 Å². The number of fused-ring (bicyclic) bond motifs is 1. The van der Waals surface area contributed by atoms with Crippen LogP contribution in [0.3, 0.4) is 0 Å². The number of nitrogens with two attached hydrogens (primary N) is 1. The Hall–Kier alpha value is -1.91.